The Morgan fingerprint density at radius 3 is 1.78 bits per heavy atom. The third kappa shape index (κ3) is 14.5. The maximum Gasteiger partial charge on any atom is 0.414 e. The monoisotopic (exact) mass is 388 g/mol. The number of hydrogen-bond donors (Lipinski definition) is 4. The van der Waals surface area contributed by atoms with Gasteiger partial charge in [-0.25, -0.2) is 9.59 Å². The van der Waals surface area contributed by atoms with Crippen molar-refractivity contribution >= 4 is 24.1 Å². The van der Waals surface area contributed by atoms with Crippen LogP contribution in [0.15, 0.2) is 4.99 Å². The number of aliphatic carboxylic acids is 1. The second-order valence-corrected chi connectivity index (χ2v) is 7.92. The lowest BCUT2D eigenvalue weighted by molar-refractivity contribution is -0.138. The van der Waals surface area contributed by atoms with Crippen LogP contribution in [0.3, 0.4) is 0 Å². The van der Waals surface area contributed by atoms with Crippen LogP contribution in [0.1, 0.15) is 60.8 Å². The molecule has 0 unspecified atom stereocenters. The third-order valence-electron chi connectivity index (χ3n) is 2.75. The highest BCUT2D eigenvalue weighted by molar-refractivity contribution is 6.01. The molecule has 0 aliphatic rings. The molecule has 5 N–H and O–H groups in total. The third-order valence-corrected chi connectivity index (χ3v) is 2.75. The summed E-state index contributed by atoms with van der Waals surface area (Å²) in [5.74, 6) is -1.17. The average molecular weight is 388 g/mol. The van der Waals surface area contributed by atoms with Crippen molar-refractivity contribution in [3.05, 3.63) is 0 Å². The molecule has 0 rings (SSSR count). The lowest BCUT2D eigenvalue weighted by Crippen LogP contribution is -2.47. The molecule has 0 radical (unpaired) electrons. The van der Waals surface area contributed by atoms with E-state index >= 15 is 0 Å². The lowest BCUT2D eigenvalue weighted by atomic mass is 10.1. The number of carbonyl (C=O) groups is 3. The van der Waals surface area contributed by atoms with Crippen LogP contribution >= 0.6 is 0 Å². The molecule has 0 saturated heterocycles. The molecule has 156 valence electrons. The number of nitrogens with two attached hydrogens (primary N) is 1. The molecule has 0 heterocycles. The molecule has 0 fully saturated rings. The first-order chi connectivity index (χ1) is 12.2. The number of carboxylic acid groups (broad SMARTS) is 1. The number of aliphatic imine (C=N–C) groups is 1. The number of guanidine groups is 1. The fourth-order valence-electron chi connectivity index (χ4n) is 1.70. The van der Waals surface area contributed by atoms with Crippen LogP contribution in [0, 0.1) is 0 Å². The molecular formula is C17H32N4O6. The van der Waals surface area contributed by atoms with Crippen molar-refractivity contribution in [1.82, 2.24) is 10.6 Å². The van der Waals surface area contributed by atoms with Crippen molar-refractivity contribution in [1.29, 1.82) is 0 Å². The minimum atomic E-state index is -1.06. The topological polar surface area (TPSA) is 152 Å². The van der Waals surface area contributed by atoms with Gasteiger partial charge in [0.25, 0.3) is 0 Å². The number of carbonyl (C=O) groups excluding carboxylic acids is 2. The van der Waals surface area contributed by atoms with Gasteiger partial charge in [-0.2, -0.15) is 0 Å². The number of nitrogens with one attached hydrogen (secondary N) is 2. The quantitative estimate of drug-likeness (QED) is 0.308. The first kappa shape index (κ1) is 24.6. The Morgan fingerprint density at radius 1 is 0.963 bits per heavy atom. The summed E-state index contributed by atoms with van der Waals surface area (Å²) >= 11 is 0. The molecule has 0 aromatic heterocycles. The molecule has 27 heavy (non-hydrogen) atoms. The standard InChI is InChI=1S/C17H32N4O6/c1-16(2,3)26-14(24)20-13(21-15(25)27-17(4,5)6)19-10-8-7-9-11(18)12(22)23/h11H,7-10,18H2,1-6H3,(H,22,23)(H2,19,20,21,24,25)/t11-/m0/s1. The molecule has 10 heteroatoms. The number of ether oxygens (including phenoxy) is 2. The SMILES string of the molecule is CC(C)(C)OC(=O)NC(=NCCCC[C@H](N)C(=O)O)NC(=O)OC(C)(C)C. The van der Waals surface area contributed by atoms with Crippen molar-refractivity contribution in [2.24, 2.45) is 10.7 Å². The predicted molar refractivity (Wildman–Crippen MR) is 101 cm³/mol. The van der Waals surface area contributed by atoms with Crippen LogP contribution in [-0.4, -0.2) is 53.0 Å². The second-order valence-electron chi connectivity index (χ2n) is 7.92. The molecule has 0 spiro atoms. The minimum absolute atomic E-state index is 0.110. The van der Waals surface area contributed by atoms with Gasteiger partial charge in [-0.3, -0.25) is 20.4 Å². The number of amides is 2. The number of alkyl carbamates (subject to hydrolysis) is 2. The van der Waals surface area contributed by atoms with Crippen LogP contribution in [0.2, 0.25) is 0 Å². The lowest BCUT2D eigenvalue weighted by Gasteiger charge is -2.22. The van der Waals surface area contributed by atoms with Gasteiger partial charge in [0.1, 0.15) is 17.2 Å². The van der Waals surface area contributed by atoms with Gasteiger partial charge in [0.2, 0.25) is 5.96 Å². The highest BCUT2D eigenvalue weighted by Crippen LogP contribution is 2.08. The summed E-state index contributed by atoms with van der Waals surface area (Å²) in [4.78, 5) is 38.6. The Balaban J connectivity index is 4.78. The Bertz CT molecular complexity index is 517. The summed E-state index contributed by atoms with van der Waals surface area (Å²) in [6.07, 6.45) is -0.186. The van der Waals surface area contributed by atoms with E-state index in [9.17, 15) is 14.4 Å². The van der Waals surface area contributed by atoms with Crippen molar-refractivity contribution in [3.63, 3.8) is 0 Å². The highest BCUT2D eigenvalue weighted by Gasteiger charge is 2.21. The first-order valence-electron chi connectivity index (χ1n) is 8.72. The van der Waals surface area contributed by atoms with Gasteiger partial charge >= 0.3 is 18.2 Å². The Morgan fingerprint density at radius 2 is 1.41 bits per heavy atom. The van der Waals surface area contributed by atoms with E-state index in [2.05, 4.69) is 15.6 Å². The number of carboxylic acids is 1. The average Bonchev–Trinajstić information content (AvgIpc) is 2.41. The molecule has 0 aromatic carbocycles. The van der Waals surface area contributed by atoms with Crippen molar-refractivity contribution in [3.8, 4) is 0 Å². The van der Waals surface area contributed by atoms with Crippen LogP contribution in [0.25, 0.3) is 0 Å². The van der Waals surface area contributed by atoms with E-state index < -0.39 is 35.4 Å². The Kier molecular flexibility index (Phi) is 9.77. The Labute approximate surface area is 159 Å². The zero-order valence-electron chi connectivity index (χ0n) is 16.9. The normalized spacial score (nSPS) is 12.6. The van der Waals surface area contributed by atoms with Crippen molar-refractivity contribution < 1.29 is 29.0 Å². The summed E-state index contributed by atoms with van der Waals surface area (Å²) in [6.45, 7) is 10.5. The van der Waals surface area contributed by atoms with Crippen LogP contribution < -0.4 is 16.4 Å². The van der Waals surface area contributed by atoms with Gasteiger partial charge in [0, 0.05) is 6.54 Å². The van der Waals surface area contributed by atoms with Gasteiger partial charge in [-0.15, -0.1) is 0 Å². The summed E-state index contributed by atoms with van der Waals surface area (Å²) in [5, 5.41) is 13.5. The number of rotatable bonds is 6. The highest BCUT2D eigenvalue weighted by atomic mass is 16.6. The van der Waals surface area contributed by atoms with E-state index in [-0.39, 0.29) is 12.5 Å². The molecule has 0 aromatic rings. The maximum absolute atomic E-state index is 11.9. The van der Waals surface area contributed by atoms with Gasteiger partial charge in [-0.1, -0.05) is 0 Å². The predicted octanol–water partition coefficient (Wildman–Crippen LogP) is 1.97. The zero-order chi connectivity index (χ0) is 21.3. The van der Waals surface area contributed by atoms with Gasteiger partial charge in [-0.05, 0) is 60.8 Å². The molecule has 1 atom stereocenters. The van der Waals surface area contributed by atoms with Crippen molar-refractivity contribution in [2.75, 3.05) is 6.54 Å². The van der Waals surface area contributed by atoms with Crippen LogP contribution in [-0.2, 0) is 14.3 Å². The van der Waals surface area contributed by atoms with Gasteiger partial charge in [0.15, 0.2) is 0 Å². The van der Waals surface area contributed by atoms with E-state index in [1.54, 1.807) is 41.5 Å². The van der Waals surface area contributed by atoms with Gasteiger partial charge in [0.05, 0.1) is 0 Å². The molecule has 2 amide bonds. The molecular weight excluding hydrogens is 356 g/mol. The molecule has 10 nitrogen and oxygen atoms in total. The smallest absolute Gasteiger partial charge is 0.414 e. The van der Waals surface area contributed by atoms with E-state index in [4.69, 9.17) is 20.3 Å². The van der Waals surface area contributed by atoms with E-state index in [1.165, 1.54) is 0 Å². The summed E-state index contributed by atoms with van der Waals surface area (Å²) in [7, 11) is 0. The summed E-state index contributed by atoms with van der Waals surface area (Å²) in [5.41, 5.74) is 4.00. The van der Waals surface area contributed by atoms with E-state index in [0.717, 1.165) is 0 Å². The largest absolute Gasteiger partial charge is 0.480 e. The molecule has 0 saturated carbocycles. The number of nitrogens with zero attached hydrogens (tertiary/aromatic N) is 1. The Hall–Kier alpha value is -2.36. The van der Waals surface area contributed by atoms with Crippen molar-refractivity contribution in [2.45, 2.75) is 78.0 Å². The molecule has 0 bridgehead atoms. The molecule has 0 aliphatic carbocycles. The second kappa shape index (κ2) is 10.7. The minimum Gasteiger partial charge on any atom is -0.480 e. The van der Waals surface area contributed by atoms with E-state index in [0.29, 0.717) is 19.3 Å². The van der Waals surface area contributed by atoms with Gasteiger partial charge < -0.3 is 20.3 Å². The fraction of sp³-hybridized carbons (Fsp3) is 0.765. The van der Waals surface area contributed by atoms with Crippen LogP contribution in [0.4, 0.5) is 9.59 Å². The number of hydrogen-bond acceptors (Lipinski definition) is 7. The van der Waals surface area contributed by atoms with E-state index in [1.807, 2.05) is 0 Å². The zero-order valence-corrected chi connectivity index (χ0v) is 16.9. The van der Waals surface area contributed by atoms with Crippen LogP contribution in [0.5, 0.6) is 0 Å². The number of unbranched alkanes of at least 4 members (excludes halogenated alkanes) is 1. The first-order valence-corrected chi connectivity index (χ1v) is 8.72. The summed E-state index contributed by atoms with van der Waals surface area (Å²) < 4.78 is 10.3. The molecule has 0 aliphatic heterocycles. The fourth-order valence-corrected chi connectivity index (χ4v) is 1.70. The maximum atomic E-state index is 11.9. The summed E-state index contributed by atoms with van der Waals surface area (Å²) in [6, 6.07) is -0.923.